The predicted molar refractivity (Wildman–Crippen MR) is 93.2 cm³/mol. The molecule has 0 bridgehead atoms. The Morgan fingerprint density at radius 1 is 1.40 bits per heavy atom. The third kappa shape index (κ3) is 4.67. The lowest BCUT2D eigenvalue weighted by Gasteiger charge is -2.15. The number of carbonyl (C=O) groups is 2. The highest BCUT2D eigenvalue weighted by molar-refractivity contribution is 5.98. The molecule has 1 saturated heterocycles. The van der Waals surface area contributed by atoms with Crippen LogP contribution in [0.5, 0.6) is 0 Å². The second kappa shape index (κ2) is 7.94. The zero-order chi connectivity index (χ0) is 17.6. The third-order valence-electron chi connectivity index (χ3n) is 4.01. The summed E-state index contributed by atoms with van der Waals surface area (Å²) in [4.78, 5) is 24.5. The van der Waals surface area contributed by atoms with Crippen LogP contribution in [0.15, 0.2) is 42.7 Å². The fraction of sp³-hybridized carbons (Fsp3) is 0.389. The van der Waals surface area contributed by atoms with Gasteiger partial charge in [0, 0.05) is 36.3 Å². The number of nitrogens with one attached hydrogen (secondary N) is 2. The molecule has 132 valence electrons. The van der Waals surface area contributed by atoms with Crippen LogP contribution in [-0.4, -0.2) is 40.3 Å². The van der Waals surface area contributed by atoms with Gasteiger partial charge in [-0.3, -0.25) is 14.3 Å². The molecule has 1 aliphatic rings. The fourth-order valence-electron chi connectivity index (χ4n) is 2.79. The first-order valence-electron chi connectivity index (χ1n) is 8.42. The lowest BCUT2D eigenvalue weighted by Crippen LogP contribution is -2.35. The molecule has 2 aromatic rings. The van der Waals surface area contributed by atoms with Crippen LogP contribution in [0, 0.1) is 0 Å². The number of ether oxygens (including phenoxy) is 1. The highest BCUT2D eigenvalue weighted by Gasteiger charge is 2.23. The number of hydrogen-bond donors (Lipinski definition) is 2. The Labute approximate surface area is 146 Å². The van der Waals surface area contributed by atoms with Crippen LogP contribution < -0.4 is 10.6 Å². The van der Waals surface area contributed by atoms with Crippen LogP contribution in [-0.2, 0) is 16.1 Å². The fourth-order valence-corrected chi connectivity index (χ4v) is 2.79. The van der Waals surface area contributed by atoms with Crippen LogP contribution in [0.2, 0.25) is 0 Å². The van der Waals surface area contributed by atoms with Crippen molar-refractivity contribution in [2.24, 2.45) is 0 Å². The summed E-state index contributed by atoms with van der Waals surface area (Å²) >= 11 is 0. The van der Waals surface area contributed by atoms with Crippen LogP contribution in [0.3, 0.4) is 0 Å². The highest BCUT2D eigenvalue weighted by atomic mass is 16.5. The summed E-state index contributed by atoms with van der Waals surface area (Å²) in [6.45, 7) is 3.13. The quantitative estimate of drug-likeness (QED) is 0.838. The molecule has 7 nitrogen and oxygen atoms in total. The van der Waals surface area contributed by atoms with Crippen molar-refractivity contribution in [3.63, 3.8) is 0 Å². The number of benzene rings is 1. The Balaban J connectivity index is 1.58. The SMILES string of the molecule is CC(Cn1cccn1)NC(=O)c1cccc(NC(=O)C2CCCO2)c1. The molecule has 7 heteroatoms. The zero-order valence-electron chi connectivity index (χ0n) is 14.1. The molecule has 2 unspecified atom stereocenters. The van der Waals surface area contributed by atoms with Crippen molar-refractivity contribution < 1.29 is 14.3 Å². The van der Waals surface area contributed by atoms with E-state index >= 15 is 0 Å². The number of hydrogen-bond acceptors (Lipinski definition) is 4. The molecule has 0 radical (unpaired) electrons. The van der Waals surface area contributed by atoms with Gasteiger partial charge in [0.05, 0.1) is 6.54 Å². The smallest absolute Gasteiger partial charge is 0.253 e. The van der Waals surface area contributed by atoms with Gasteiger partial charge in [0.25, 0.3) is 11.8 Å². The second-order valence-electron chi connectivity index (χ2n) is 6.17. The molecule has 0 saturated carbocycles. The maximum Gasteiger partial charge on any atom is 0.253 e. The van der Waals surface area contributed by atoms with Crippen LogP contribution >= 0.6 is 0 Å². The van der Waals surface area contributed by atoms with E-state index in [1.165, 1.54) is 0 Å². The molecule has 0 spiro atoms. The molecule has 2 amide bonds. The van der Waals surface area contributed by atoms with Gasteiger partial charge in [-0.1, -0.05) is 6.07 Å². The Morgan fingerprint density at radius 2 is 2.28 bits per heavy atom. The number of amides is 2. The average Bonchev–Trinajstić information content (AvgIpc) is 3.28. The molecule has 1 aromatic heterocycles. The molecular formula is C18H22N4O3. The summed E-state index contributed by atoms with van der Waals surface area (Å²) in [5.41, 5.74) is 1.09. The number of carbonyl (C=O) groups excluding carboxylic acids is 2. The minimum atomic E-state index is -0.397. The van der Waals surface area contributed by atoms with Gasteiger partial charge in [-0.2, -0.15) is 5.10 Å². The topological polar surface area (TPSA) is 85.3 Å². The molecule has 0 aliphatic carbocycles. The maximum absolute atomic E-state index is 12.4. The Bertz CT molecular complexity index is 724. The summed E-state index contributed by atoms with van der Waals surface area (Å²) in [6.07, 6.45) is 4.79. The van der Waals surface area contributed by atoms with Gasteiger partial charge in [-0.05, 0) is 44.0 Å². The lowest BCUT2D eigenvalue weighted by atomic mass is 10.1. The second-order valence-corrected chi connectivity index (χ2v) is 6.17. The van der Waals surface area contributed by atoms with Crippen LogP contribution in [0.25, 0.3) is 0 Å². The van der Waals surface area contributed by atoms with Gasteiger partial charge in [0.1, 0.15) is 6.10 Å². The number of aromatic nitrogens is 2. The van der Waals surface area contributed by atoms with E-state index in [0.717, 1.165) is 12.8 Å². The zero-order valence-corrected chi connectivity index (χ0v) is 14.1. The largest absolute Gasteiger partial charge is 0.368 e. The molecule has 2 heterocycles. The van der Waals surface area contributed by atoms with E-state index in [-0.39, 0.29) is 17.9 Å². The van der Waals surface area contributed by atoms with Gasteiger partial charge < -0.3 is 15.4 Å². The Morgan fingerprint density at radius 3 is 3.00 bits per heavy atom. The van der Waals surface area contributed by atoms with Crippen molar-refractivity contribution in [2.45, 2.75) is 38.5 Å². The summed E-state index contributed by atoms with van der Waals surface area (Å²) in [6, 6.07) is 8.67. The Hall–Kier alpha value is -2.67. The molecule has 1 aromatic carbocycles. The average molecular weight is 342 g/mol. The van der Waals surface area contributed by atoms with Gasteiger partial charge in [-0.15, -0.1) is 0 Å². The number of anilines is 1. The standard InChI is InChI=1S/C18H22N4O3/c1-13(12-22-9-4-8-19-22)20-17(23)14-5-2-6-15(11-14)21-18(24)16-7-3-10-25-16/h2,4-6,8-9,11,13,16H,3,7,10,12H2,1H3,(H,20,23)(H,21,24). The van der Waals surface area contributed by atoms with Crippen molar-refractivity contribution in [1.82, 2.24) is 15.1 Å². The molecule has 1 aliphatic heterocycles. The van der Waals surface area contributed by atoms with E-state index in [4.69, 9.17) is 4.74 Å². The van der Waals surface area contributed by atoms with E-state index in [1.807, 2.05) is 19.2 Å². The number of rotatable bonds is 6. The minimum Gasteiger partial charge on any atom is -0.368 e. The van der Waals surface area contributed by atoms with E-state index in [9.17, 15) is 9.59 Å². The maximum atomic E-state index is 12.4. The van der Waals surface area contributed by atoms with Crippen molar-refractivity contribution in [3.8, 4) is 0 Å². The first-order valence-corrected chi connectivity index (χ1v) is 8.42. The van der Waals surface area contributed by atoms with Gasteiger partial charge in [0.2, 0.25) is 0 Å². The molecule has 3 rings (SSSR count). The molecular weight excluding hydrogens is 320 g/mol. The van der Waals surface area contributed by atoms with Gasteiger partial charge >= 0.3 is 0 Å². The van der Waals surface area contributed by atoms with Crippen molar-refractivity contribution in [3.05, 3.63) is 48.3 Å². The van der Waals surface area contributed by atoms with Gasteiger partial charge in [0.15, 0.2) is 0 Å². The summed E-state index contributed by atoms with van der Waals surface area (Å²) in [5.74, 6) is -0.352. The predicted octanol–water partition coefficient (Wildman–Crippen LogP) is 1.82. The molecule has 2 atom stereocenters. The first kappa shape index (κ1) is 17.2. The summed E-state index contributed by atoms with van der Waals surface area (Å²) < 4.78 is 7.13. The highest BCUT2D eigenvalue weighted by Crippen LogP contribution is 2.16. The van der Waals surface area contributed by atoms with E-state index in [0.29, 0.717) is 24.4 Å². The van der Waals surface area contributed by atoms with Crippen LogP contribution in [0.4, 0.5) is 5.69 Å². The normalized spacial score (nSPS) is 17.9. The summed E-state index contributed by atoms with van der Waals surface area (Å²) in [5, 5.41) is 9.87. The Kier molecular flexibility index (Phi) is 5.45. The number of nitrogens with zero attached hydrogens (tertiary/aromatic N) is 2. The van der Waals surface area contributed by atoms with E-state index in [2.05, 4.69) is 15.7 Å². The summed E-state index contributed by atoms with van der Waals surface area (Å²) in [7, 11) is 0. The van der Waals surface area contributed by atoms with Gasteiger partial charge in [-0.25, -0.2) is 0 Å². The lowest BCUT2D eigenvalue weighted by molar-refractivity contribution is -0.124. The van der Waals surface area contributed by atoms with Crippen molar-refractivity contribution in [2.75, 3.05) is 11.9 Å². The van der Waals surface area contributed by atoms with E-state index in [1.54, 1.807) is 35.1 Å². The molecule has 25 heavy (non-hydrogen) atoms. The van der Waals surface area contributed by atoms with Crippen LogP contribution in [0.1, 0.15) is 30.1 Å². The first-order chi connectivity index (χ1) is 12.1. The minimum absolute atomic E-state index is 0.0717. The van der Waals surface area contributed by atoms with Crippen molar-refractivity contribution >= 4 is 17.5 Å². The third-order valence-corrected chi connectivity index (χ3v) is 4.01. The van der Waals surface area contributed by atoms with E-state index < -0.39 is 6.10 Å². The monoisotopic (exact) mass is 342 g/mol. The molecule has 2 N–H and O–H groups in total. The van der Waals surface area contributed by atoms with Crippen molar-refractivity contribution in [1.29, 1.82) is 0 Å². The molecule has 1 fully saturated rings.